The third-order valence-corrected chi connectivity index (χ3v) is 5.32. The van der Waals surface area contributed by atoms with Crippen LogP contribution in [0.2, 0.25) is 0 Å². The fourth-order valence-corrected chi connectivity index (χ4v) is 3.55. The fraction of sp³-hybridized carbons (Fsp3) is 0.500. The van der Waals surface area contributed by atoms with Gasteiger partial charge in [0.25, 0.3) is 0 Å². The number of rotatable bonds is 6. The SMILES string of the molecule is CN(c1ccnc(C2CC2)n1)C1CCN(CCc2ccccc2)C1. The van der Waals surface area contributed by atoms with Crippen molar-refractivity contribution >= 4 is 5.82 Å². The van der Waals surface area contributed by atoms with Crippen molar-refractivity contribution in [1.82, 2.24) is 14.9 Å². The Hall–Kier alpha value is -1.94. The van der Waals surface area contributed by atoms with Gasteiger partial charge in [-0.1, -0.05) is 30.3 Å². The van der Waals surface area contributed by atoms with Crippen molar-refractivity contribution in [3.05, 3.63) is 54.0 Å². The van der Waals surface area contributed by atoms with Crippen LogP contribution in [0.4, 0.5) is 5.82 Å². The maximum absolute atomic E-state index is 4.79. The summed E-state index contributed by atoms with van der Waals surface area (Å²) in [6.07, 6.45) is 6.78. The topological polar surface area (TPSA) is 32.3 Å². The van der Waals surface area contributed by atoms with Crippen molar-refractivity contribution in [2.24, 2.45) is 0 Å². The Bertz CT molecular complexity index is 668. The minimum absolute atomic E-state index is 0.558. The van der Waals surface area contributed by atoms with Gasteiger partial charge in [-0.05, 0) is 37.3 Å². The van der Waals surface area contributed by atoms with Gasteiger partial charge >= 0.3 is 0 Å². The van der Waals surface area contributed by atoms with Crippen LogP contribution in [0.15, 0.2) is 42.6 Å². The van der Waals surface area contributed by atoms with Crippen molar-refractivity contribution in [2.45, 2.75) is 37.6 Å². The van der Waals surface area contributed by atoms with E-state index in [1.165, 1.54) is 31.4 Å². The average molecular weight is 322 g/mol. The Kier molecular flexibility index (Phi) is 4.48. The standard InChI is InChI=1S/C20H26N4/c1-23(19-9-12-21-20(22-19)17-7-8-17)18-11-14-24(15-18)13-10-16-5-3-2-4-6-16/h2-6,9,12,17-18H,7-8,10-11,13-15H2,1H3. The second-order valence-corrected chi connectivity index (χ2v) is 7.14. The van der Waals surface area contributed by atoms with Gasteiger partial charge in [-0.15, -0.1) is 0 Å². The molecule has 1 aliphatic heterocycles. The average Bonchev–Trinajstić information content (AvgIpc) is 3.39. The number of likely N-dealkylation sites (N-methyl/N-ethyl adjacent to an activating group) is 1. The van der Waals surface area contributed by atoms with E-state index in [4.69, 9.17) is 4.98 Å². The Morgan fingerprint density at radius 1 is 1.12 bits per heavy atom. The van der Waals surface area contributed by atoms with Gasteiger partial charge in [0.15, 0.2) is 0 Å². The molecule has 2 fully saturated rings. The summed E-state index contributed by atoms with van der Waals surface area (Å²) in [6, 6.07) is 13.4. The van der Waals surface area contributed by atoms with Crippen molar-refractivity contribution < 1.29 is 0 Å². The molecule has 1 atom stereocenters. The minimum Gasteiger partial charge on any atom is -0.355 e. The highest BCUT2D eigenvalue weighted by atomic mass is 15.3. The van der Waals surface area contributed by atoms with Gasteiger partial charge in [-0.2, -0.15) is 0 Å². The van der Waals surface area contributed by atoms with Crippen LogP contribution in [0.1, 0.15) is 36.6 Å². The third-order valence-electron chi connectivity index (χ3n) is 5.32. The molecule has 2 aromatic rings. The van der Waals surface area contributed by atoms with Crippen LogP contribution in [0, 0.1) is 0 Å². The van der Waals surface area contributed by atoms with Crippen LogP contribution >= 0.6 is 0 Å². The fourth-order valence-electron chi connectivity index (χ4n) is 3.55. The molecule has 0 bridgehead atoms. The maximum atomic E-state index is 4.79. The van der Waals surface area contributed by atoms with Crippen LogP contribution in [0.3, 0.4) is 0 Å². The molecule has 2 heterocycles. The summed E-state index contributed by atoms with van der Waals surface area (Å²) in [4.78, 5) is 14.2. The predicted octanol–water partition coefficient (Wildman–Crippen LogP) is 3.11. The summed E-state index contributed by atoms with van der Waals surface area (Å²) < 4.78 is 0. The molecular formula is C20H26N4. The number of benzene rings is 1. The highest BCUT2D eigenvalue weighted by Crippen LogP contribution is 2.38. The van der Waals surface area contributed by atoms with Crippen molar-refractivity contribution in [3.8, 4) is 0 Å². The summed E-state index contributed by atoms with van der Waals surface area (Å²) in [5.41, 5.74) is 1.43. The molecule has 1 saturated heterocycles. The lowest BCUT2D eigenvalue weighted by Gasteiger charge is -2.26. The number of hydrogen-bond acceptors (Lipinski definition) is 4. The first-order chi connectivity index (χ1) is 11.8. The molecule has 2 aliphatic rings. The molecule has 1 aliphatic carbocycles. The lowest BCUT2D eigenvalue weighted by Crippen LogP contribution is -2.35. The molecule has 4 rings (SSSR count). The van der Waals surface area contributed by atoms with Crippen molar-refractivity contribution in [3.63, 3.8) is 0 Å². The molecule has 0 spiro atoms. The quantitative estimate of drug-likeness (QED) is 0.818. The largest absolute Gasteiger partial charge is 0.355 e. The molecule has 4 nitrogen and oxygen atoms in total. The summed E-state index contributed by atoms with van der Waals surface area (Å²) in [6.45, 7) is 3.46. The molecule has 1 saturated carbocycles. The Balaban J connectivity index is 1.33. The summed E-state index contributed by atoms with van der Waals surface area (Å²) in [7, 11) is 2.18. The highest BCUT2D eigenvalue weighted by molar-refractivity contribution is 5.39. The van der Waals surface area contributed by atoms with E-state index in [0.717, 1.165) is 31.2 Å². The van der Waals surface area contributed by atoms with Gasteiger partial charge in [-0.3, -0.25) is 0 Å². The van der Waals surface area contributed by atoms with E-state index >= 15 is 0 Å². The molecule has 0 radical (unpaired) electrons. The first kappa shape index (κ1) is 15.6. The molecule has 0 N–H and O–H groups in total. The molecule has 1 aromatic carbocycles. The van der Waals surface area contributed by atoms with Crippen molar-refractivity contribution in [2.75, 3.05) is 31.6 Å². The van der Waals surface area contributed by atoms with E-state index in [-0.39, 0.29) is 0 Å². The number of anilines is 1. The molecule has 1 unspecified atom stereocenters. The van der Waals surface area contributed by atoms with Crippen LogP contribution in [0.25, 0.3) is 0 Å². The molecule has 126 valence electrons. The first-order valence-electron chi connectivity index (χ1n) is 9.11. The van der Waals surface area contributed by atoms with Crippen molar-refractivity contribution in [1.29, 1.82) is 0 Å². The van der Waals surface area contributed by atoms with E-state index in [9.17, 15) is 0 Å². The second-order valence-electron chi connectivity index (χ2n) is 7.14. The predicted molar refractivity (Wildman–Crippen MR) is 97.4 cm³/mol. The van der Waals surface area contributed by atoms with Crippen LogP contribution in [-0.2, 0) is 6.42 Å². The Labute approximate surface area is 144 Å². The Morgan fingerprint density at radius 3 is 2.75 bits per heavy atom. The zero-order valence-corrected chi connectivity index (χ0v) is 14.4. The van der Waals surface area contributed by atoms with Gasteiger partial charge in [-0.25, -0.2) is 9.97 Å². The third kappa shape index (κ3) is 3.59. The lowest BCUT2D eigenvalue weighted by atomic mass is 10.1. The van der Waals surface area contributed by atoms with Gasteiger partial charge in [0.1, 0.15) is 11.6 Å². The summed E-state index contributed by atoms with van der Waals surface area (Å²) in [5.74, 6) is 2.74. The Morgan fingerprint density at radius 2 is 1.96 bits per heavy atom. The molecule has 0 amide bonds. The molecule has 24 heavy (non-hydrogen) atoms. The maximum Gasteiger partial charge on any atom is 0.133 e. The lowest BCUT2D eigenvalue weighted by molar-refractivity contribution is 0.338. The van der Waals surface area contributed by atoms with Gasteiger partial charge in [0.2, 0.25) is 0 Å². The van der Waals surface area contributed by atoms with E-state index in [1.807, 2.05) is 6.20 Å². The van der Waals surface area contributed by atoms with E-state index in [2.05, 4.69) is 58.2 Å². The van der Waals surface area contributed by atoms with E-state index in [1.54, 1.807) is 0 Å². The van der Waals surface area contributed by atoms with Gasteiger partial charge in [0.05, 0.1) is 0 Å². The molecular weight excluding hydrogens is 296 g/mol. The monoisotopic (exact) mass is 322 g/mol. The van der Waals surface area contributed by atoms with Gasteiger partial charge in [0, 0.05) is 44.8 Å². The van der Waals surface area contributed by atoms with Gasteiger partial charge < -0.3 is 9.80 Å². The number of nitrogens with zero attached hydrogens (tertiary/aromatic N) is 4. The second kappa shape index (κ2) is 6.89. The number of likely N-dealkylation sites (tertiary alicyclic amines) is 1. The smallest absolute Gasteiger partial charge is 0.133 e. The normalized spacial score (nSPS) is 21.1. The van der Waals surface area contributed by atoms with E-state index in [0.29, 0.717) is 12.0 Å². The van der Waals surface area contributed by atoms with E-state index < -0.39 is 0 Å². The summed E-state index contributed by atoms with van der Waals surface area (Å²) in [5, 5.41) is 0. The van der Waals surface area contributed by atoms with Crippen LogP contribution < -0.4 is 4.90 Å². The molecule has 4 heteroatoms. The zero-order valence-electron chi connectivity index (χ0n) is 14.4. The first-order valence-corrected chi connectivity index (χ1v) is 9.11. The number of hydrogen-bond donors (Lipinski definition) is 0. The molecule has 1 aromatic heterocycles. The number of aromatic nitrogens is 2. The minimum atomic E-state index is 0.558. The zero-order chi connectivity index (χ0) is 16.4. The van der Waals surface area contributed by atoms with Crippen LogP contribution in [0.5, 0.6) is 0 Å². The summed E-state index contributed by atoms with van der Waals surface area (Å²) >= 11 is 0. The highest BCUT2D eigenvalue weighted by Gasteiger charge is 2.29. The van der Waals surface area contributed by atoms with Crippen LogP contribution in [-0.4, -0.2) is 47.6 Å².